The highest BCUT2D eigenvalue weighted by molar-refractivity contribution is 7.89. The molecule has 0 aliphatic carbocycles. The van der Waals surface area contributed by atoms with Gasteiger partial charge in [0.15, 0.2) is 0 Å². The van der Waals surface area contributed by atoms with Gasteiger partial charge in [0, 0.05) is 18.7 Å². The van der Waals surface area contributed by atoms with Gasteiger partial charge in [0.2, 0.25) is 20.0 Å². The highest BCUT2D eigenvalue weighted by Crippen LogP contribution is 2.16. The molecule has 7 nitrogen and oxygen atoms in total. The van der Waals surface area contributed by atoms with Crippen molar-refractivity contribution in [2.75, 3.05) is 19.3 Å². The molecule has 0 atom stereocenters. The SMILES string of the molecule is Cc1cc(C(N)=S)ccc1S(=O)(=O)NCCNS(C)(=O)=O. The number of nitrogens with two attached hydrogens (primary N) is 1. The molecular formula is C11H17N3O4S3. The minimum atomic E-state index is -3.72. The molecule has 118 valence electrons. The van der Waals surface area contributed by atoms with Gasteiger partial charge in [-0.05, 0) is 24.6 Å². The molecule has 4 N–H and O–H groups in total. The molecule has 21 heavy (non-hydrogen) atoms. The number of nitrogens with one attached hydrogen (secondary N) is 2. The van der Waals surface area contributed by atoms with Crippen LogP contribution in [0.4, 0.5) is 0 Å². The third kappa shape index (κ3) is 5.67. The Bertz CT molecular complexity index is 742. The summed E-state index contributed by atoms with van der Waals surface area (Å²) in [7, 11) is -7.06. The molecular weight excluding hydrogens is 334 g/mol. The molecule has 0 saturated carbocycles. The van der Waals surface area contributed by atoms with Crippen LogP contribution in [0.5, 0.6) is 0 Å². The van der Waals surface area contributed by atoms with E-state index in [-0.39, 0.29) is 23.0 Å². The molecule has 0 saturated heterocycles. The maximum atomic E-state index is 12.1. The summed E-state index contributed by atoms with van der Waals surface area (Å²) in [6.45, 7) is 1.55. The molecule has 0 radical (unpaired) electrons. The first-order valence-electron chi connectivity index (χ1n) is 5.88. The fourth-order valence-corrected chi connectivity index (χ4v) is 3.46. The summed E-state index contributed by atoms with van der Waals surface area (Å²) >= 11 is 4.83. The standard InChI is InChI=1S/C11H17N3O4S3/c1-8-7-9(11(12)19)3-4-10(8)21(17,18)14-6-5-13-20(2,15)16/h3-4,7,13-14H,5-6H2,1-2H3,(H2,12,19). The number of benzene rings is 1. The van der Waals surface area contributed by atoms with Crippen LogP contribution in [-0.4, -0.2) is 41.2 Å². The zero-order valence-corrected chi connectivity index (χ0v) is 14.0. The molecule has 0 bridgehead atoms. The van der Waals surface area contributed by atoms with E-state index in [9.17, 15) is 16.8 Å². The molecule has 0 aromatic heterocycles. The topological polar surface area (TPSA) is 118 Å². The van der Waals surface area contributed by atoms with Gasteiger partial charge in [-0.25, -0.2) is 26.3 Å². The van der Waals surface area contributed by atoms with Crippen LogP contribution in [0.2, 0.25) is 0 Å². The van der Waals surface area contributed by atoms with E-state index in [0.29, 0.717) is 11.1 Å². The van der Waals surface area contributed by atoms with E-state index in [1.54, 1.807) is 13.0 Å². The molecule has 10 heteroatoms. The fraction of sp³-hybridized carbons (Fsp3) is 0.364. The first-order chi connectivity index (χ1) is 9.53. The molecule has 0 aliphatic rings. The molecule has 0 fully saturated rings. The Kier molecular flexibility index (Phi) is 5.82. The van der Waals surface area contributed by atoms with Crippen LogP contribution in [-0.2, 0) is 20.0 Å². The Labute approximate surface area is 130 Å². The summed E-state index contributed by atoms with van der Waals surface area (Å²) in [6, 6.07) is 4.53. The van der Waals surface area contributed by atoms with E-state index in [0.717, 1.165) is 6.26 Å². The summed E-state index contributed by atoms with van der Waals surface area (Å²) in [5, 5.41) is 0. The molecule has 0 amide bonds. The minimum absolute atomic E-state index is 0.0257. The van der Waals surface area contributed by atoms with Crippen molar-refractivity contribution in [2.24, 2.45) is 5.73 Å². The number of rotatable bonds is 7. The lowest BCUT2D eigenvalue weighted by molar-refractivity contribution is 0.573. The second-order valence-corrected chi connectivity index (χ2v) is 8.42. The van der Waals surface area contributed by atoms with Crippen molar-refractivity contribution in [3.8, 4) is 0 Å². The Hall–Kier alpha value is -1.07. The first kappa shape index (κ1) is 18.0. The Morgan fingerprint density at radius 2 is 1.76 bits per heavy atom. The van der Waals surface area contributed by atoms with Gasteiger partial charge in [-0.3, -0.25) is 0 Å². The number of sulfonamides is 2. The van der Waals surface area contributed by atoms with Crippen molar-refractivity contribution < 1.29 is 16.8 Å². The van der Waals surface area contributed by atoms with Crippen LogP contribution in [0.15, 0.2) is 23.1 Å². The van der Waals surface area contributed by atoms with Gasteiger partial charge in [-0.1, -0.05) is 18.3 Å². The van der Waals surface area contributed by atoms with Crippen molar-refractivity contribution in [1.29, 1.82) is 0 Å². The average Bonchev–Trinajstić information content (AvgIpc) is 2.33. The Morgan fingerprint density at radius 1 is 1.19 bits per heavy atom. The van der Waals surface area contributed by atoms with Crippen molar-refractivity contribution in [1.82, 2.24) is 9.44 Å². The van der Waals surface area contributed by atoms with Crippen LogP contribution in [0.3, 0.4) is 0 Å². The zero-order valence-electron chi connectivity index (χ0n) is 11.6. The van der Waals surface area contributed by atoms with Crippen molar-refractivity contribution in [3.05, 3.63) is 29.3 Å². The third-order valence-electron chi connectivity index (χ3n) is 2.53. The summed E-state index contributed by atoms with van der Waals surface area (Å²) in [5.74, 6) is 0. The molecule has 1 aromatic carbocycles. The molecule has 0 unspecified atom stereocenters. The number of hydrogen-bond acceptors (Lipinski definition) is 5. The van der Waals surface area contributed by atoms with Crippen LogP contribution in [0.25, 0.3) is 0 Å². The molecule has 0 spiro atoms. The van der Waals surface area contributed by atoms with Gasteiger partial charge >= 0.3 is 0 Å². The van der Waals surface area contributed by atoms with E-state index >= 15 is 0 Å². The van der Waals surface area contributed by atoms with Gasteiger partial charge in [-0.15, -0.1) is 0 Å². The largest absolute Gasteiger partial charge is 0.389 e. The first-order valence-corrected chi connectivity index (χ1v) is 9.66. The van der Waals surface area contributed by atoms with Gasteiger partial charge in [0.05, 0.1) is 11.2 Å². The van der Waals surface area contributed by atoms with Gasteiger partial charge in [0.1, 0.15) is 4.99 Å². The Morgan fingerprint density at radius 3 is 2.24 bits per heavy atom. The second kappa shape index (κ2) is 6.79. The normalized spacial score (nSPS) is 12.3. The van der Waals surface area contributed by atoms with Gasteiger partial charge < -0.3 is 5.73 Å². The summed E-state index contributed by atoms with van der Waals surface area (Å²) < 4.78 is 50.5. The van der Waals surface area contributed by atoms with Crippen LogP contribution in [0, 0.1) is 6.92 Å². The number of aryl methyl sites for hydroxylation is 1. The molecule has 0 heterocycles. The molecule has 1 aromatic rings. The van der Waals surface area contributed by atoms with Gasteiger partial charge in [-0.2, -0.15) is 0 Å². The quantitative estimate of drug-likeness (QED) is 0.448. The molecule has 1 rings (SSSR count). The van der Waals surface area contributed by atoms with E-state index in [1.165, 1.54) is 12.1 Å². The highest BCUT2D eigenvalue weighted by Gasteiger charge is 2.17. The fourth-order valence-electron chi connectivity index (χ4n) is 1.60. The predicted molar refractivity (Wildman–Crippen MR) is 85.1 cm³/mol. The Balaban J connectivity index is 2.81. The van der Waals surface area contributed by atoms with E-state index < -0.39 is 20.0 Å². The average molecular weight is 351 g/mol. The predicted octanol–water partition coefficient (Wildman–Crippen LogP) is -0.543. The third-order valence-corrected chi connectivity index (χ3v) is 5.12. The van der Waals surface area contributed by atoms with Crippen molar-refractivity contribution >= 4 is 37.3 Å². The maximum absolute atomic E-state index is 12.1. The van der Waals surface area contributed by atoms with Crippen molar-refractivity contribution in [2.45, 2.75) is 11.8 Å². The summed E-state index contributed by atoms with van der Waals surface area (Å²) in [6.07, 6.45) is 1.00. The lowest BCUT2D eigenvalue weighted by Crippen LogP contribution is -2.34. The maximum Gasteiger partial charge on any atom is 0.240 e. The smallest absolute Gasteiger partial charge is 0.240 e. The van der Waals surface area contributed by atoms with Crippen LogP contribution >= 0.6 is 12.2 Å². The summed E-state index contributed by atoms with van der Waals surface area (Å²) in [4.78, 5) is 0.286. The monoisotopic (exact) mass is 351 g/mol. The molecule has 0 aliphatic heterocycles. The number of thiocarbonyl (C=S) groups is 1. The van der Waals surface area contributed by atoms with Crippen molar-refractivity contribution in [3.63, 3.8) is 0 Å². The van der Waals surface area contributed by atoms with Crippen LogP contribution < -0.4 is 15.2 Å². The van der Waals surface area contributed by atoms with Crippen LogP contribution in [0.1, 0.15) is 11.1 Å². The zero-order chi connectivity index (χ0) is 16.3. The summed E-state index contributed by atoms with van der Waals surface area (Å²) in [5.41, 5.74) is 6.57. The highest BCUT2D eigenvalue weighted by atomic mass is 32.2. The lowest BCUT2D eigenvalue weighted by atomic mass is 10.1. The van der Waals surface area contributed by atoms with Gasteiger partial charge in [0.25, 0.3) is 0 Å². The van der Waals surface area contributed by atoms with E-state index in [1.807, 2.05) is 0 Å². The number of hydrogen-bond donors (Lipinski definition) is 3. The minimum Gasteiger partial charge on any atom is -0.389 e. The lowest BCUT2D eigenvalue weighted by Gasteiger charge is -2.10. The van der Waals surface area contributed by atoms with E-state index in [2.05, 4.69) is 9.44 Å². The van der Waals surface area contributed by atoms with E-state index in [4.69, 9.17) is 18.0 Å². The second-order valence-electron chi connectivity index (χ2n) is 4.41.